The largest absolute Gasteiger partial charge is 0.354 e. The fraction of sp³-hybridized carbons (Fsp3) is 0.643. The summed E-state index contributed by atoms with van der Waals surface area (Å²) in [5.41, 5.74) is 0. The van der Waals surface area contributed by atoms with Gasteiger partial charge in [0.1, 0.15) is 11.6 Å². The quantitative estimate of drug-likeness (QED) is 0.826. The second-order valence-corrected chi connectivity index (χ2v) is 5.12. The number of pyridine rings is 1. The summed E-state index contributed by atoms with van der Waals surface area (Å²) >= 11 is 0. The van der Waals surface area contributed by atoms with E-state index in [1.54, 1.807) is 6.07 Å². The Labute approximate surface area is 118 Å². The first-order valence-corrected chi connectivity index (χ1v) is 7.13. The van der Waals surface area contributed by atoms with Crippen LogP contribution in [0.3, 0.4) is 0 Å². The van der Waals surface area contributed by atoms with Gasteiger partial charge in [0.25, 0.3) is 0 Å². The van der Waals surface area contributed by atoms with E-state index in [-0.39, 0.29) is 12.1 Å². The molecule has 1 aromatic rings. The van der Waals surface area contributed by atoms with Gasteiger partial charge in [-0.05, 0) is 12.1 Å². The Balaban J connectivity index is 1.43. The highest BCUT2D eigenvalue weighted by Crippen LogP contribution is 2.15. The molecule has 0 atom stereocenters. The highest BCUT2D eigenvalue weighted by molar-refractivity contribution is 5.38. The second-order valence-electron chi connectivity index (χ2n) is 5.12. The zero-order valence-corrected chi connectivity index (χ0v) is 11.5. The van der Waals surface area contributed by atoms with Gasteiger partial charge in [-0.1, -0.05) is 0 Å². The maximum absolute atomic E-state index is 12.9. The lowest BCUT2D eigenvalue weighted by Crippen LogP contribution is -2.47. The third-order valence-electron chi connectivity index (χ3n) is 3.78. The molecule has 0 amide bonds. The first kappa shape index (κ1) is 13.7. The molecule has 0 spiro atoms. The van der Waals surface area contributed by atoms with Crippen LogP contribution in [0, 0.1) is 5.82 Å². The molecule has 2 aliphatic heterocycles. The standard InChI is InChI=1S/C14H20FN3O2/c15-12-1-2-13(16-11-12)18-7-5-17(6-8-18)4-3-14-19-9-10-20-14/h1-2,11,14H,3-10H2. The lowest BCUT2D eigenvalue weighted by Gasteiger charge is -2.35. The van der Waals surface area contributed by atoms with Gasteiger partial charge < -0.3 is 14.4 Å². The van der Waals surface area contributed by atoms with Crippen molar-refractivity contribution in [3.63, 3.8) is 0 Å². The summed E-state index contributed by atoms with van der Waals surface area (Å²) in [5.74, 6) is 0.567. The molecular weight excluding hydrogens is 261 g/mol. The van der Waals surface area contributed by atoms with Gasteiger partial charge in [0.2, 0.25) is 0 Å². The fourth-order valence-electron chi connectivity index (χ4n) is 2.62. The van der Waals surface area contributed by atoms with Crippen LogP contribution < -0.4 is 4.90 Å². The predicted octanol–water partition coefficient (Wildman–Crippen LogP) is 1.11. The lowest BCUT2D eigenvalue weighted by atomic mass is 10.2. The molecule has 5 nitrogen and oxygen atoms in total. The van der Waals surface area contributed by atoms with Crippen molar-refractivity contribution in [2.45, 2.75) is 12.7 Å². The summed E-state index contributed by atoms with van der Waals surface area (Å²) in [7, 11) is 0. The monoisotopic (exact) mass is 281 g/mol. The van der Waals surface area contributed by atoms with Crippen molar-refractivity contribution in [1.82, 2.24) is 9.88 Å². The maximum atomic E-state index is 12.9. The summed E-state index contributed by atoms with van der Waals surface area (Å²) in [6, 6.07) is 3.20. The topological polar surface area (TPSA) is 37.8 Å². The summed E-state index contributed by atoms with van der Waals surface area (Å²) in [6.45, 7) is 6.26. The smallest absolute Gasteiger partial charge is 0.159 e. The zero-order chi connectivity index (χ0) is 13.8. The van der Waals surface area contributed by atoms with Crippen molar-refractivity contribution in [1.29, 1.82) is 0 Å². The van der Waals surface area contributed by atoms with Crippen LogP contribution in [0.2, 0.25) is 0 Å². The van der Waals surface area contributed by atoms with Crippen LogP contribution in [0.4, 0.5) is 10.2 Å². The SMILES string of the molecule is Fc1ccc(N2CCN(CCC3OCCO3)CC2)nc1. The molecule has 2 saturated heterocycles. The molecule has 0 aromatic carbocycles. The van der Waals surface area contributed by atoms with Crippen LogP contribution in [-0.4, -0.2) is 62.1 Å². The number of nitrogens with zero attached hydrogens (tertiary/aromatic N) is 3. The van der Waals surface area contributed by atoms with E-state index in [4.69, 9.17) is 9.47 Å². The van der Waals surface area contributed by atoms with Gasteiger partial charge in [0.15, 0.2) is 6.29 Å². The highest BCUT2D eigenvalue weighted by Gasteiger charge is 2.21. The van der Waals surface area contributed by atoms with Crippen molar-refractivity contribution in [2.75, 3.05) is 50.8 Å². The molecule has 6 heteroatoms. The van der Waals surface area contributed by atoms with E-state index < -0.39 is 0 Å². The average molecular weight is 281 g/mol. The number of piperazine rings is 1. The highest BCUT2D eigenvalue weighted by atomic mass is 19.1. The molecular formula is C14H20FN3O2. The molecule has 0 aliphatic carbocycles. The van der Waals surface area contributed by atoms with Crippen LogP contribution in [0.1, 0.15) is 6.42 Å². The number of halogens is 1. The van der Waals surface area contributed by atoms with Crippen molar-refractivity contribution < 1.29 is 13.9 Å². The number of ether oxygens (including phenoxy) is 2. The lowest BCUT2D eigenvalue weighted by molar-refractivity contribution is -0.0516. The molecule has 0 unspecified atom stereocenters. The third kappa shape index (κ3) is 3.45. The third-order valence-corrected chi connectivity index (χ3v) is 3.78. The van der Waals surface area contributed by atoms with Crippen LogP contribution in [0.25, 0.3) is 0 Å². The van der Waals surface area contributed by atoms with Crippen LogP contribution in [-0.2, 0) is 9.47 Å². The van der Waals surface area contributed by atoms with E-state index in [1.807, 2.05) is 0 Å². The number of hydrogen-bond acceptors (Lipinski definition) is 5. The van der Waals surface area contributed by atoms with Crippen molar-refractivity contribution >= 4 is 5.82 Å². The van der Waals surface area contributed by atoms with Gasteiger partial charge in [-0.3, -0.25) is 4.90 Å². The normalized spacial score (nSPS) is 21.6. The molecule has 20 heavy (non-hydrogen) atoms. The Morgan fingerprint density at radius 2 is 1.90 bits per heavy atom. The van der Waals surface area contributed by atoms with Crippen LogP contribution in [0.15, 0.2) is 18.3 Å². The van der Waals surface area contributed by atoms with Gasteiger partial charge in [-0.2, -0.15) is 0 Å². The van der Waals surface area contributed by atoms with Gasteiger partial charge in [-0.25, -0.2) is 9.37 Å². The minimum absolute atomic E-state index is 0.0215. The molecule has 1 aromatic heterocycles. The van der Waals surface area contributed by atoms with Gasteiger partial charge in [0.05, 0.1) is 19.4 Å². The number of rotatable bonds is 4. The Morgan fingerprint density at radius 3 is 2.55 bits per heavy atom. The van der Waals surface area contributed by atoms with E-state index in [9.17, 15) is 4.39 Å². The number of anilines is 1. The molecule has 110 valence electrons. The molecule has 0 radical (unpaired) electrons. The Bertz CT molecular complexity index is 415. The minimum atomic E-state index is -0.288. The Hall–Kier alpha value is -1.24. The summed E-state index contributed by atoms with van der Waals surface area (Å²) < 4.78 is 23.7. The molecule has 0 saturated carbocycles. The molecule has 2 fully saturated rings. The summed E-state index contributed by atoms with van der Waals surface area (Å²) in [6.07, 6.45) is 2.18. The van der Waals surface area contributed by atoms with Crippen LogP contribution in [0.5, 0.6) is 0 Å². The first-order chi connectivity index (χ1) is 9.81. The van der Waals surface area contributed by atoms with Crippen molar-refractivity contribution in [2.24, 2.45) is 0 Å². The second kappa shape index (κ2) is 6.47. The van der Waals surface area contributed by atoms with Gasteiger partial charge in [0, 0.05) is 39.1 Å². The minimum Gasteiger partial charge on any atom is -0.354 e. The molecule has 3 rings (SSSR count). The summed E-state index contributed by atoms with van der Waals surface area (Å²) in [5, 5.41) is 0. The van der Waals surface area contributed by atoms with E-state index in [2.05, 4.69) is 14.8 Å². The van der Waals surface area contributed by atoms with Crippen molar-refractivity contribution in [3.05, 3.63) is 24.1 Å². The van der Waals surface area contributed by atoms with Crippen LogP contribution >= 0.6 is 0 Å². The van der Waals surface area contributed by atoms with Gasteiger partial charge in [-0.15, -0.1) is 0 Å². The van der Waals surface area contributed by atoms with Gasteiger partial charge >= 0.3 is 0 Å². The number of hydrogen-bond donors (Lipinski definition) is 0. The molecule has 2 aliphatic rings. The fourth-order valence-corrected chi connectivity index (χ4v) is 2.62. The Morgan fingerprint density at radius 1 is 1.15 bits per heavy atom. The average Bonchev–Trinajstić information content (AvgIpc) is 3.00. The maximum Gasteiger partial charge on any atom is 0.159 e. The van der Waals surface area contributed by atoms with Crippen molar-refractivity contribution in [3.8, 4) is 0 Å². The van der Waals surface area contributed by atoms with E-state index >= 15 is 0 Å². The van der Waals surface area contributed by atoms with E-state index in [0.29, 0.717) is 13.2 Å². The molecule has 0 bridgehead atoms. The molecule has 3 heterocycles. The predicted molar refractivity (Wildman–Crippen MR) is 73.2 cm³/mol. The summed E-state index contributed by atoms with van der Waals surface area (Å²) in [4.78, 5) is 8.73. The first-order valence-electron chi connectivity index (χ1n) is 7.13. The van der Waals surface area contributed by atoms with E-state index in [1.165, 1.54) is 12.3 Å². The Kier molecular flexibility index (Phi) is 4.44. The molecule has 0 N–H and O–H groups in total. The van der Waals surface area contributed by atoms with E-state index in [0.717, 1.165) is 45.0 Å². The number of aromatic nitrogens is 1. The zero-order valence-electron chi connectivity index (χ0n) is 11.5.